The average Bonchev–Trinajstić information content (AvgIpc) is 3.03. The monoisotopic (exact) mass is 398 g/mol. The lowest BCUT2D eigenvalue weighted by Gasteiger charge is -2.17. The van der Waals surface area contributed by atoms with Crippen LogP contribution in [0.25, 0.3) is 0 Å². The number of halogens is 3. The van der Waals surface area contributed by atoms with E-state index in [1.165, 1.54) is 36.2 Å². The molecule has 2 aromatic carbocycles. The minimum absolute atomic E-state index is 0.0422. The summed E-state index contributed by atoms with van der Waals surface area (Å²) in [7, 11) is -2.45. The predicted molar refractivity (Wildman–Crippen MR) is 92.4 cm³/mol. The van der Waals surface area contributed by atoms with Crippen LogP contribution in [0.3, 0.4) is 0 Å². The van der Waals surface area contributed by atoms with Gasteiger partial charge in [0.25, 0.3) is 5.91 Å². The van der Waals surface area contributed by atoms with Crippen LogP contribution in [0.15, 0.2) is 41.3 Å². The smallest absolute Gasteiger partial charge is 0.330 e. The van der Waals surface area contributed by atoms with Crippen LogP contribution >= 0.6 is 0 Å². The number of nitrogens with zero attached hydrogens (tertiary/aromatic N) is 1. The first-order chi connectivity index (χ1) is 12.5. The van der Waals surface area contributed by atoms with Crippen molar-refractivity contribution in [3.8, 4) is 0 Å². The maximum Gasteiger partial charge on any atom is 0.416 e. The molecule has 144 valence electrons. The van der Waals surface area contributed by atoms with Crippen LogP contribution in [-0.4, -0.2) is 26.3 Å². The molecule has 1 N–H and O–H groups in total. The van der Waals surface area contributed by atoms with E-state index < -0.39 is 27.7 Å². The van der Waals surface area contributed by atoms with Crippen LogP contribution in [0.1, 0.15) is 32.6 Å². The van der Waals surface area contributed by atoms with Crippen molar-refractivity contribution < 1.29 is 26.4 Å². The largest absolute Gasteiger partial charge is 0.416 e. The number of aryl methyl sites for hydroxylation is 1. The van der Waals surface area contributed by atoms with E-state index in [-0.39, 0.29) is 23.5 Å². The highest BCUT2D eigenvalue weighted by Crippen LogP contribution is 2.33. The van der Waals surface area contributed by atoms with Crippen molar-refractivity contribution in [2.24, 2.45) is 0 Å². The fourth-order valence-corrected chi connectivity index (χ4v) is 3.76. The van der Waals surface area contributed by atoms with Gasteiger partial charge >= 0.3 is 6.18 Å². The number of benzene rings is 2. The summed E-state index contributed by atoms with van der Waals surface area (Å²) in [6, 6.07) is 7.64. The van der Waals surface area contributed by atoms with Gasteiger partial charge in [0.15, 0.2) is 0 Å². The Bertz CT molecular complexity index is 1020. The first kappa shape index (κ1) is 19.4. The molecule has 2 aromatic rings. The van der Waals surface area contributed by atoms with Crippen LogP contribution in [0.4, 0.5) is 13.2 Å². The van der Waals surface area contributed by atoms with Crippen LogP contribution in [0.5, 0.6) is 0 Å². The van der Waals surface area contributed by atoms with Gasteiger partial charge in [0.05, 0.1) is 10.5 Å². The molecule has 0 bridgehead atoms. The third-order valence-electron chi connectivity index (χ3n) is 4.56. The molecular weight excluding hydrogens is 381 g/mol. The molecule has 1 heterocycles. The minimum Gasteiger partial charge on any atom is -0.330 e. The molecule has 3 rings (SSSR count). The summed E-state index contributed by atoms with van der Waals surface area (Å²) < 4.78 is 64.8. The van der Waals surface area contributed by atoms with E-state index in [1.807, 2.05) is 0 Å². The first-order valence-corrected chi connectivity index (χ1v) is 9.54. The number of alkyl halides is 3. The lowest BCUT2D eigenvalue weighted by molar-refractivity contribution is -0.137. The second-order valence-electron chi connectivity index (χ2n) is 6.33. The molecule has 1 aliphatic heterocycles. The fourth-order valence-electron chi connectivity index (χ4n) is 3.00. The van der Waals surface area contributed by atoms with E-state index in [0.717, 1.165) is 12.1 Å². The minimum atomic E-state index is -4.45. The highest BCUT2D eigenvalue weighted by molar-refractivity contribution is 7.89. The lowest BCUT2D eigenvalue weighted by atomic mass is 10.1. The molecule has 0 aromatic heterocycles. The SMILES string of the molecule is CNS(=O)(=O)c1ccc(C)c(C(=O)N2Cc3ccc(C(F)(F)F)cc3C2)c1. The standard InChI is InChI=1S/C18H17F3N2O3S/c1-11-3-6-15(27(25,26)22-2)8-16(11)17(24)23-9-12-4-5-14(18(19,20)21)7-13(12)10-23/h3-8,22H,9-10H2,1-2H3. The van der Waals surface area contributed by atoms with E-state index in [2.05, 4.69) is 4.72 Å². The molecule has 0 unspecified atom stereocenters. The fraction of sp³-hybridized carbons (Fsp3) is 0.278. The van der Waals surface area contributed by atoms with Crippen molar-refractivity contribution in [1.82, 2.24) is 9.62 Å². The molecule has 0 aliphatic carbocycles. The van der Waals surface area contributed by atoms with Crippen molar-refractivity contribution in [1.29, 1.82) is 0 Å². The normalized spacial score (nSPS) is 14.3. The van der Waals surface area contributed by atoms with Gasteiger partial charge in [0.2, 0.25) is 10.0 Å². The number of sulfonamides is 1. The zero-order valence-electron chi connectivity index (χ0n) is 14.6. The number of carbonyl (C=O) groups excluding carboxylic acids is 1. The number of nitrogens with one attached hydrogen (secondary N) is 1. The summed E-state index contributed by atoms with van der Waals surface area (Å²) in [5.74, 6) is -0.426. The predicted octanol–water partition coefficient (Wildman–Crippen LogP) is 3.08. The van der Waals surface area contributed by atoms with Gasteiger partial charge in [-0.2, -0.15) is 13.2 Å². The van der Waals surface area contributed by atoms with Crippen molar-refractivity contribution in [2.75, 3.05) is 7.05 Å². The summed E-state index contributed by atoms with van der Waals surface area (Å²) >= 11 is 0. The number of fused-ring (bicyclic) bond motifs is 1. The van der Waals surface area contributed by atoms with Gasteiger partial charge in [0, 0.05) is 18.7 Å². The zero-order chi connectivity index (χ0) is 20.0. The van der Waals surface area contributed by atoms with E-state index in [9.17, 15) is 26.4 Å². The van der Waals surface area contributed by atoms with Crippen LogP contribution in [-0.2, 0) is 29.3 Å². The summed E-state index contributed by atoms with van der Waals surface area (Å²) in [4.78, 5) is 14.2. The quantitative estimate of drug-likeness (QED) is 0.864. The van der Waals surface area contributed by atoms with Crippen molar-refractivity contribution in [3.63, 3.8) is 0 Å². The van der Waals surface area contributed by atoms with Gasteiger partial charge in [-0.15, -0.1) is 0 Å². The maximum absolute atomic E-state index is 12.9. The van der Waals surface area contributed by atoms with Gasteiger partial charge in [-0.1, -0.05) is 12.1 Å². The van der Waals surface area contributed by atoms with Gasteiger partial charge in [-0.05, 0) is 54.9 Å². The lowest BCUT2D eigenvalue weighted by Crippen LogP contribution is -2.27. The molecular formula is C18H17F3N2O3S. The van der Waals surface area contributed by atoms with Crippen LogP contribution in [0, 0.1) is 6.92 Å². The van der Waals surface area contributed by atoms with Gasteiger partial charge in [0.1, 0.15) is 0 Å². The topological polar surface area (TPSA) is 66.5 Å². The summed E-state index contributed by atoms with van der Waals surface area (Å²) in [5, 5.41) is 0. The van der Waals surface area contributed by atoms with E-state index in [0.29, 0.717) is 16.7 Å². The van der Waals surface area contributed by atoms with Gasteiger partial charge in [-0.3, -0.25) is 4.79 Å². The Balaban J connectivity index is 1.91. The maximum atomic E-state index is 12.9. The number of hydrogen-bond acceptors (Lipinski definition) is 3. The van der Waals surface area contributed by atoms with Gasteiger partial charge in [-0.25, -0.2) is 13.1 Å². The Labute approximate surface area is 154 Å². The Hall–Kier alpha value is -2.39. The highest BCUT2D eigenvalue weighted by atomic mass is 32.2. The summed E-state index contributed by atoms with van der Waals surface area (Å²) in [5.41, 5.74) is 1.12. The summed E-state index contributed by atoms with van der Waals surface area (Å²) in [6.45, 7) is 1.89. The second-order valence-corrected chi connectivity index (χ2v) is 8.21. The highest BCUT2D eigenvalue weighted by Gasteiger charge is 2.33. The first-order valence-electron chi connectivity index (χ1n) is 8.05. The molecule has 1 aliphatic rings. The van der Waals surface area contributed by atoms with E-state index in [1.54, 1.807) is 6.92 Å². The van der Waals surface area contributed by atoms with Crippen LogP contribution < -0.4 is 4.72 Å². The third kappa shape index (κ3) is 3.70. The summed E-state index contributed by atoms with van der Waals surface area (Å²) in [6.07, 6.45) is -4.45. The number of carbonyl (C=O) groups is 1. The molecule has 0 spiro atoms. The molecule has 0 atom stereocenters. The van der Waals surface area contributed by atoms with Crippen LogP contribution in [0.2, 0.25) is 0 Å². The molecule has 0 fully saturated rings. The molecule has 0 radical (unpaired) electrons. The molecule has 1 amide bonds. The number of amides is 1. The Morgan fingerprint density at radius 1 is 1.07 bits per heavy atom. The number of rotatable bonds is 3. The molecule has 5 nitrogen and oxygen atoms in total. The Morgan fingerprint density at radius 2 is 1.74 bits per heavy atom. The molecule has 9 heteroatoms. The van der Waals surface area contributed by atoms with Gasteiger partial charge < -0.3 is 4.90 Å². The number of hydrogen-bond donors (Lipinski definition) is 1. The Kier molecular flexibility index (Phi) is 4.77. The third-order valence-corrected chi connectivity index (χ3v) is 5.97. The van der Waals surface area contributed by atoms with Crippen molar-refractivity contribution in [2.45, 2.75) is 31.1 Å². The second kappa shape index (κ2) is 6.65. The van der Waals surface area contributed by atoms with Crippen molar-refractivity contribution in [3.05, 3.63) is 64.2 Å². The van der Waals surface area contributed by atoms with E-state index in [4.69, 9.17) is 0 Å². The van der Waals surface area contributed by atoms with Crippen molar-refractivity contribution >= 4 is 15.9 Å². The van der Waals surface area contributed by atoms with E-state index >= 15 is 0 Å². The zero-order valence-corrected chi connectivity index (χ0v) is 15.4. The molecule has 27 heavy (non-hydrogen) atoms. The molecule has 0 saturated heterocycles. The Morgan fingerprint density at radius 3 is 2.37 bits per heavy atom. The average molecular weight is 398 g/mol. The molecule has 0 saturated carbocycles.